The summed E-state index contributed by atoms with van der Waals surface area (Å²) in [4.78, 5) is 22.8. The summed E-state index contributed by atoms with van der Waals surface area (Å²) >= 11 is 0. The van der Waals surface area contributed by atoms with E-state index >= 15 is 0 Å². The van der Waals surface area contributed by atoms with Crippen molar-refractivity contribution in [3.63, 3.8) is 0 Å². The summed E-state index contributed by atoms with van der Waals surface area (Å²) in [5.74, 6) is 0.583. The minimum Gasteiger partial charge on any atom is -0.454 e. The molecule has 0 saturated heterocycles. The van der Waals surface area contributed by atoms with E-state index in [1.165, 1.54) is 30.8 Å². The Morgan fingerprint density at radius 1 is 1.19 bits per heavy atom. The number of halogens is 3. The van der Waals surface area contributed by atoms with Gasteiger partial charge in [0.05, 0.1) is 11.1 Å². The Morgan fingerprint density at radius 2 is 1.92 bits per heavy atom. The van der Waals surface area contributed by atoms with Gasteiger partial charge in [-0.15, -0.1) is 0 Å². The number of nitrogens with one attached hydrogen (secondary N) is 1. The van der Waals surface area contributed by atoms with E-state index < -0.39 is 18.8 Å². The zero-order chi connectivity index (χ0) is 18.3. The molecule has 1 aromatic carbocycles. The second-order valence-corrected chi connectivity index (χ2v) is 6.25. The van der Waals surface area contributed by atoms with Crippen LogP contribution in [0.15, 0.2) is 41.5 Å². The number of rotatable bonds is 4. The molecule has 0 amide bonds. The van der Waals surface area contributed by atoms with E-state index in [4.69, 9.17) is 0 Å². The first-order valence-corrected chi connectivity index (χ1v) is 8.09. The van der Waals surface area contributed by atoms with Gasteiger partial charge in [0.25, 0.3) is 5.56 Å². The second kappa shape index (κ2) is 6.12. The van der Waals surface area contributed by atoms with E-state index in [1.807, 2.05) is 24.3 Å². The normalized spacial score (nSPS) is 14.6. The maximum Gasteiger partial charge on any atom is 0.422 e. The number of H-pyrrole nitrogens is 1. The van der Waals surface area contributed by atoms with Crippen LogP contribution in [0.25, 0.3) is 22.0 Å². The van der Waals surface area contributed by atoms with Crippen LogP contribution < -0.4 is 10.3 Å². The lowest BCUT2D eigenvalue weighted by Crippen LogP contribution is -2.20. The van der Waals surface area contributed by atoms with Crippen LogP contribution in [0.5, 0.6) is 6.01 Å². The number of pyridine rings is 1. The summed E-state index contributed by atoms with van der Waals surface area (Å²) < 4.78 is 41.6. The van der Waals surface area contributed by atoms with Gasteiger partial charge in [0.1, 0.15) is 0 Å². The van der Waals surface area contributed by atoms with Crippen LogP contribution in [0.1, 0.15) is 24.3 Å². The first-order valence-electron chi connectivity index (χ1n) is 8.09. The van der Waals surface area contributed by atoms with Gasteiger partial charge >= 0.3 is 12.2 Å². The highest BCUT2D eigenvalue weighted by Crippen LogP contribution is 2.40. The molecule has 1 aliphatic rings. The third-order valence-electron chi connectivity index (χ3n) is 4.23. The van der Waals surface area contributed by atoms with Crippen molar-refractivity contribution in [2.45, 2.75) is 24.9 Å². The van der Waals surface area contributed by atoms with Gasteiger partial charge in [0.15, 0.2) is 6.61 Å². The average Bonchev–Trinajstić information content (AvgIpc) is 3.44. The summed E-state index contributed by atoms with van der Waals surface area (Å²) in [7, 11) is 0. The van der Waals surface area contributed by atoms with E-state index in [0.29, 0.717) is 16.9 Å². The number of hydrogen-bond donors (Lipinski definition) is 1. The van der Waals surface area contributed by atoms with Gasteiger partial charge in [-0.3, -0.25) is 4.79 Å². The maximum atomic E-state index is 12.4. The van der Waals surface area contributed by atoms with Crippen LogP contribution in [0, 0.1) is 0 Å². The van der Waals surface area contributed by atoms with E-state index in [0.717, 1.165) is 0 Å². The lowest BCUT2D eigenvalue weighted by molar-refractivity contribution is -0.154. The molecule has 1 fully saturated rings. The van der Waals surface area contributed by atoms with E-state index in [1.54, 1.807) is 0 Å². The molecule has 1 N–H and O–H groups in total. The Balaban J connectivity index is 1.76. The summed E-state index contributed by atoms with van der Waals surface area (Å²) in [6.45, 7) is -1.49. The van der Waals surface area contributed by atoms with E-state index in [2.05, 4.69) is 19.7 Å². The molecule has 4 rings (SSSR count). The van der Waals surface area contributed by atoms with Gasteiger partial charge in [0, 0.05) is 17.8 Å². The first kappa shape index (κ1) is 16.6. The van der Waals surface area contributed by atoms with Crippen LogP contribution >= 0.6 is 0 Å². The summed E-state index contributed by atoms with van der Waals surface area (Å²) in [5, 5.41) is 0.505. The fraction of sp³-hybridized carbons (Fsp3) is 0.278. The monoisotopic (exact) mass is 361 g/mol. The number of aromatic nitrogens is 3. The fourth-order valence-corrected chi connectivity index (χ4v) is 2.83. The summed E-state index contributed by atoms with van der Waals surface area (Å²) in [6, 6.07) is 7.17. The van der Waals surface area contributed by atoms with Crippen molar-refractivity contribution in [2.75, 3.05) is 6.61 Å². The number of fused-ring (bicyclic) bond motifs is 1. The largest absolute Gasteiger partial charge is 0.454 e. The molecule has 134 valence electrons. The summed E-state index contributed by atoms with van der Waals surface area (Å²) in [5.41, 5.74) is 2.01. The second-order valence-electron chi connectivity index (χ2n) is 6.25. The first-order chi connectivity index (χ1) is 12.4. The third kappa shape index (κ3) is 3.40. The molecule has 0 aliphatic heterocycles. The van der Waals surface area contributed by atoms with Crippen LogP contribution in [-0.4, -0.2) is 27.7 Å². The topological polar surface area (TPSA) is 67.9 Å². The lowest BCUT2D eigenvalue weighted by Gasteiger charge is -2.10. The Kier molecular flexibility index (Phi) is 3.90. The van der Waals surface area contributed by atoms with Gasteiger partial charge in [-0.2, -0.15) is 18.2 Å². The number of ether oxygens (including phenoxy) is 1. The van der Waals surface area contributed by atoms with Crippen LogP contribution in [0.2, 0.25) is 0 Å². The van der Waals surface area contributed by atoms with Gasteiger partial charge in [0.2, 0.25) is 0 Å². The zero-order valence-corrected chi connectivity index (χ0v) is 13.5. The zero-order valence-electron chi connectivity index (χ0n) is 13.5. The molecule has 2 heterocycles. The number of aromatic amines is 1. The van der Waals surface area contributed by atoms with Crippen LogP contribution in [-0.2, 0) is 0 Å². The maximum absolute atomic E-state index is 12.4. The van der Waals surface area contributed by atoms with Gasteiger partial charge in [-0.1, -0.05) is 24.3 Å². The minimum atomic E-state index is -4.49. The van der Waals surface area contributed by atoms with Crippen molar-refractivity contribution in [1.29, 1.82) is 0 Å². The molecule has 0 spiro atoms. The molecule has 0 radical (unpaired) electrons. The van der Waals surface area contributed by atoms with E-state index in [-0.39, 0.29) is 16.6 Å². The number of benzene rings is 1. The molecule has 1 saturated carbocycles. The molecular formula is C18H14F3N3O2. The van der Waals surface area contributed by atoms with Crippen LogP contribution in [0.3, 0.4) is 0 Å². The van der Waals surface area contributed by atoms with Crippen molar-refractivity contribution < 1.29 is 17.9 Å². The predicted molar refractivity (Wildman–Crippen MR) is 89.1 cm³/mol. The van der Waals surface area contributed by atoms with Crippen molar-refractivity contribution in [3.8, 4) is 17.1 Å². The highest BCUT2D eigenvalue weighted by Gasteiger charge is 2.29. The van der Waals surface area contributed by atoms with Crippen molar-refractivity contribution in [2.24, 2.45) is 0 Å². The number of nitrogens with zero attached hydrogens (tertiary/aromatic N) is 2. The molecule has 0 bridgehead atoms. The SMILES string of the molecule is O=c1[nH]cc2cnc(OCC(F)(F)F)nc2c1-c1ccc(C2CC2)cc1. The van der Waals surface area contributed by atoms with Crippen molar-refractivity contribution in [1.82, 2.24) is 15.0 Å². The molecule has 2 aromatic heterocycles. The van der Waals surface area contributed by atoms with Crippen molar-refractivity contribution in [3.05, 3.63) is 52.6 Å². The Hall–Kier alpha value is -2.90. The highest BCUT2D eigenvalue weighted by molar-refractivity contribution is 5.92. The van der Waals surface area contributed by atoms with Gasteiger partial charge < -0.3 is 9.72 Å². The minimum absolute atomic E-state index is 0.250. The smallest absolute Gasteiger partial charge is 0.422 e. The van der Waals surface area contributed by atoms with E-state index in [9.17, 15) is 18.0 Å². The Morgan fingerprint density at radius 3 is 2.58 bits per heavy atom. The molecule has 8 heteroatoms. The number of alkyl halides is 3. The molecule has 1 aliphatic carbocycles. The van der Waals surface area contributed by atoms with Gasteiger partial charge in [-0.05, 0) is 29.9 Å². The molecular weight excluding hydrogens is 347 g/mol. The predicted octanol–water partition coefficient (Wildman–Crippen LogP) is 3.80. The fourth-order valence-electron chi connectivity index (χ4n) is 2.83. The molecule has 0 atom stereocenters. The average molecular weight is 361 g/mol. The number of hydrogen-bond acceptors (Lipinski definition) is 4. The highest BCUT2D eigenvalue weighted by atomic mass is 19.4. The molecule has 5 nitrogen and oxygen atoms in total. The molecule has 0 unspecified atom stereocenters. The van der Waals surface area contributed by atoms with Gasteiger partial charge in [-0.25, -0.2) is 4.98 Å². The lowest BCUT2D eigenvalue weighted by atomic mass is 10.0. The standard InChI is InChI=1S/C18H14F3N3O2/c19-18(20,21)9-26-17-23-8-13-7-22-16(25)14(15(13)24-17)12-5-3-11(4-6-12)10-1-2-10/h3-8,10H,1-2,9H2,(H,22,25). The quantitative estimate of drug-likeness (QED) is 0.767. The third-order valence-corrected chi connectivity index (χ3v) is 4.23. The van der Waals surface area contributed by atoms with Crippen LogP contribution in [0.4, 0.5) is 13.2 Å². The molecule has 26 heavy (non-hydrogen) atoms. The Labute approximate surface area is 145 Å². The Bertz CT molecular complexity index is 1010. The van der Waals surface area contributed by atoms with Crippen molar-refractivity contribution >= 4 is 10.9 Å². The summed E-state index contributed by atoms with van der Waals surface area (Å²) in [6.07, 6.45) is 0.593. The molecule has 3 aromatic rings.